The number of hydrogen-bond acceptors (Lipinski definition) is 0. The highest BCUT2D eigenvalue weighted by Gasteiger charge is 2.14. The molecule has 0 saturated carbocycles. The zero-order valence-electron chi connectivity index (χ0n) is 13.6. The van der Waals surface area contributed by atoms with Crippen LogP contribution in [-0.2, 0) is 5.41 Å². The minimum atomic E-state index is 0.195. The number of rotatable bonds is 2. The fourth-order valence-electron chi connectivity index (χ4n) is 2.48. The molecular weight excluding hydrogens is 240 g/mol. The van der Waals surface area contributed by atoms with Crippen molar-refractivity contribution < 1.29 is 0 Å². The minimum absolute atomic E-state index is 0.195. The van der Waals surface area contributed by atoms with Gasteiger partial charge in [0.1, 0.15) is 0 Å². The molecule has 0 aliphatic rings. The first-order valence-electron chi connectivity index (χ1n) is 7.50. The summed E-state index contributed by atoms with van der Waals surface area (Å²) in [5.41, 5.74) is 7.00. The van der Waals surface area contributed by atoms with Crippen LogP contribution in [0.5, 0.6) is 0 Å². The molecule has 0 aliphatic carbocycles. The number of hydrogen-bond donors (Lipinski definition) is 0. The minimum Gasteiger partial charge on any atom is -0.0614 e. The highest BCUT2D eigenvalue weighted by Crippen LogP contribution is 2.30. The molecule has 2 aromatic rings. The second kappa shape index (κ2) is 5.44. The Bertz CT molecular complexity index is 598. The third-order valence-electron chi connectivity index (χ3n) is 3.83. The second-order valence-electron chi connectivity index (χ2n) is 7.12. The highest BCUT2D eigenvalue weighted by molar-refractivity contribution is 5.66. The molecular formula is C20H26. The maximum Gasteiger partial charge on any atom is -0.0132 e. The quantitative estimate of drug-likeness (QED) is 0.617. The summed E-state index contributed by atoms with van der Waals surface area (Å²) in [4.78, 5) is 0. The molecule has 2 rings (SSSR count). The van der Waals surface area contributed by atoms with Gasteiger partial charge in [0.05, 0.1) is 0 Å². The molecule has 0 atom stereocenters. The van der Waals surface area contributed by atoms with Gasteiger partial charge in [0, 0.05) is 0 Å². The molecule has 0 N–H and O–H groups in total. The average molecular weight is 266 g/mol. The van der Waals surface area contributed by atoms with Gasteiger partial charge < -0.3 is 0 Å². The Morgan fingerprint density at radius 1 is 0.850 bits per heavy atom. The first-order valence-corrected chi connectivity index (χ1v) is 7.50. The van der Waals surface area contributed by atoms with E-state index in [0.29, 0.717) is 5.92 Å². The summed E-state index contributed by atoms with van der Waals surface area (Å²) >= 11 is 0. The Balaban J connectivity index is 2.51. The smallest absolute Gasteiger partial charge is 0.0132 e. The molecule has 0 heterocycles. The molecule has 0 aromatic heterocycles. The monoisotopic (exact) mass is 266 g/mol. The van der Waals surface area contributed by atoms with Crippen molar-refractivity contribution in [2.24, 2.45) is 0 Å². The predicted molar refractivity (Wildman–Crippen MR) is 89.4 cm³/mol. The fourth-order valence-corrected chi connectivity index (χ4v) is 2.48. The molecule has 0 nitrogen and oxygen atoms in total. The highest BCUT2D eigenvalue weighted by atomic mass is 14.2. The second-order valence-corrected chi connectivity index (χ2v) is 7.12. The first kappa shape index (κ1) is 14.8. The summed E-state index contributed by atoms with van der Waals surface area (Å²) in [5.74, 6) is 0.569. The van der Waals surface area contributed by atoms with Crippen LogP contribution in [0.2, 0.25) is 0 Å². The van der Waals surface area contributed by atoms with E-state index in [-0.39, 0.29) is 5.41 Å². The van der Waals surface area contributed by atoms with E-state index in [1.54, 1.807) is 0 Å². The van der Waals surface area contributed by atoms with E-state index in [1.807, 2.05) is 0 Å². The van der Waals surface area contributed by atoms with Crippen molar-refractivity contribution in [3.8, 4) is 11.1 Å². The van der Waals surface area contributed by atoms with Crippen molar-refractivity contribution >= 4 is 0 Å². The van der Waals surface area contributed by atoms with Gasteiger partial charge in [-0.25, -0.2) is 0 Å². The summed E-state index contributed by atoms with van der Waals surface area (Å²) in [6, 6.07) is 15.9. The zero-order chi connectivity index (χ0) is 14.9. The summed E-state index contributed by atoms with van der Waals surface area (Å²) in [6.45, 7) is 13.5. The molecule has 0 amide bonds. The topological polar surface area (TPSA) is 0 Å². The fraction of sp³-hybridized carbons (Fsp3) is 0.400. The third-order valence-corrected chi connectivity index (χ3v) is 3.83. The maximum absolute atomic E-state index is 2.33. The van der Waals surface area contributed by atoms with E-state index >= 15 is 0 Å². The molecule has 0 radical (unpaired) electrons. The van der Waals surface area contributed by atoms with E-state index in [2.05, 4.69) is 84.0 Å². The van der Waals surface area contributed by atoms with Crippen molar-refractivity contribution in [2.45, 2.75) is 52.9 Å². The van der Waals surface area contributed by atoms with Crippen LogP contribution in [0.3, 0.4) is 0 Å². The van der Waals surface area contributed by atoms with Gasteiger partial charge in [0.2, 0.25) is 0 Å². The Kier molecular flexibility index (Phi) is 4.04. The van der Waals surface area contributed by atoms with Crippen molar-refractivity contribution in [2.75, 3.05) is 0 Å². The Labute approximate surface area is 123 Å². The summed E-state index contributed by atoms with van der Waals surface area (Å²) in [7, 11) is 0. The lowest BCUT2D eigenvalue weighted by Gasteiger charge is -2.20. The Morgan fingerprint density at radius 3 is 2.15 bits per heavy atom. The van der Waals surface area contributed by atoms with Gasteiger partial charge >= 0.3 is 0 Å². The molecule has 0 fully saturated rings. The van der Waals surface area contributed by atoms with Gasteiger partial charge in [-0.05, 0) is 40.5 Å². The third kappa shape index (κ3) is 3.30. The van der Waals surface area contributed by atoms with Crippen LogP contribution in [0.15, 0.2) is 42.5 Å². The van der Waals surface area contributed by atoms with Crippen LogP contribution < -0.4 is 0 Å². The molecule has 0 aliphatic heterocycles. The molecule has 0 unspecified atom stereocenters. The van der Waals surface area contributed by atoms with Crippen molar-refractivity contribution in [1.82, 2.24) is 0 Å². The number of benzene rings is 2. The van der Waals surface area contributed by atoms with Crippen LogP contribution in [0.1, 0.15) is 57.2 Å². The lowest BCUT2D eigenvalue weighted by molar-refractivity contribution is 0.590. The standard InChI is InChI=1S/C20H26/c1-14(2)17-10-15(3)11-18(12-17)16-8-7-9-19(13-16)20(4,5)6/h7-14H,1-6H3. The van der Waals surface area contributed by atoms with Gasteiger partial charge in [0.25, 0.3) is 0 Å². The molecule has 0 bridgehead atoms. The first-order chi connectivity index (χ1) is 9.27. The van der Waals surface area contributed by atoms with Crippen LogP contribution in [0.4, 0.5) is 0 Å². The van der Waals surface area contributed by atoms with E-state index in [1.165, 1.54) is 27.8 Å². The van der Waals surface area contributed by atoms with Gasteiger partial charge in [-0.1, -0.05) is 82.6 Å². The predicted octanol–water partition coefficient (Wildman–Crippen LogP) is 6.08. The number of aryl methyl sites for hydroxylation is 1. The lowest BCUT2D eigenvalue weighted by atomic mass is 9.85. The van der Waals surface area contributed by atoms with Crippen LogP contribution in [0, 0.1) is 6.92 Å². The van der Waals surface area contributed by atoms with Crippen LogP contribution in [0.25, 0.3) is 11.1 Å². The van der Waals surface area contributed by atoms with E-state index in [0.717, 1.165) is 0 Å². The summed E-state index contributed by atoms with van der Waals surface area (Å²) < 4.78 is 0. The lowest BCUT2D eigenvalue weighted by Crippen LogP contribution is -2.10. The van der Waals surface area contributed by atoms with Crippen molar-refractivity contribution in [1.29, 1.82) is 0 Å². The van der Waals surface area contributed by atoms with Gasteiger partial charge in [-0.15, -0.1) is 0 Å². The van der Waals surface area contributed by atoms with Gasteiger partial charge in [-0.3, -0.25) is 0 Å². The van der Waals surface area contributed by atoms with Crippen LogP contribution in [-0.4, -0.2) is 0 Å². The van der Waals surface area contributed by atoms with Gasteiger partial charge in [-0.2, -0.15) is 0 Å². The SMILES string of the molecule is Cc1cc(-c2cccc(C(C)(C)C)c2)cc(C(C)C)c1. The molecule has 2 aromatic carbocycles. The largest absolute Gasteiger partial charge is 0.0614 e. The zero-order valence-corrected chi connectivity index (χ0v) is 13.6. The summed E-state index contributed by atoms with van der Waals surface area (Å²) in [5, 5.41) is 0. The van der Waals surface area contributed by atoms with E-state index < -0.39 is 0 Å². The molecule has 0 spiro atoms. The molecule has 106 valence electrons. The summed E-state index contributed by atoms with van der Waals surface area (Å²) in [6.07, 6.45) is 0. The average Bonchev–Trinajstić information content (AvgIpc) is 2.37. The van der Waals surface area contributed by atoms with E-state index in [4.69, 9.17) is 0 Å². The molecule has 0 heteroatoms. The Hall–Kier alpha value is -1.56. The normalized spacial score (nSPS) is 11.9. The molecule has 0 saturated heterocycles. The van der Waals surface area contributed by atoms with Crippen LogP contribution >= 0.6 is 0 Å². The Morgan fingerprint density at radius 2 is 1.55 bits per heavy atom. The van der Waals surface area contributed by atoms with Crippen molar-refractivity contribution in [3.05, 3.63) is 59.2 Å². The maximum atomic E-state index is 2.33. The van der Waals surface area contributed by atoms with Gasteiger partial charge in [0.15, 0.2) is 0 Å². The molecule has 20 heavy (non-hydrogen) atoms. The van der Waals surface area contributed by atoms with E-state index in [9.17, 15) is 0 Å². The van der Waals surface area contributed by atoms with Crippen molar-refractivity contribution in [3.63, 3.8) is 0 Å².